The highest BCUT2D eigenvalue weighted by molar-refractivity contribution is 5.95. The zero-order valence-corrected chi connectivity index (χ0v) is 11.9. The Morgan fingerprint density at radius 2 is 2.38 bits per heavy atom. The number of hydrogen-bond acceptors (Lipinski definition) is 3. The van der Waals surface area contributed by atoms with Crippen LogP contribution in [-0.4, -0.2) is 45.8 Å². The van der Waals surface area contributed by atoms with Gasteiger partial charge >= 0.3 is 0 Å². The predicted octanol–water partition coefficient (Wildman–Crippen LogP) is 1.24. The summed E-state index contributed by atoms with van der Waals surface area (Å²) in [6, 6.07) is -0.156. The summed E-state index contributed by atoms with van der Waals surface area (Å²) in [5.74, 6) is -1.62. The number of amides is 2. The number of imidazole rings is 1. The molecule has 1 aliphatic rings. The fourth-order valence-corrected chi connectivity index (χ4v) is 2.42. The third-order valence-corrected chi connectivity index (χ3v) is 3.48. The lowest BCUT2D eigenvalue weighted by Crippen LogP contribution is -2.49. The quantitative estimate of drug-likeness (QED) is 0.820. The van der Waals surface area contributed by atoms with Gasteiger partial charge in [-0.15, -0.1) is 0 Å². The van der Waals surface area contributed by atoms with Gasteiger partial charge in [-0.2, -0.15) is 0 Å². The van der Waals surface area contributed by atoms with Crippen molar-refractivity contribution in [3.8, 4) is 0 Å². The molecule has 2 N–H and O–H groups in total. The van der Waals surface area contributed by atoms with E-state index in [1.165, 1.54) is 24.3 Å². The van der Waals surface area contributed by atoms with Crippen molar-refractivity contribution in [3.05, 3.63) is 24.0 Å². The minimum atomic E-state index is -0.825. The summed E-state index contributed by atoms with van der Waals surface area (Å²) in [4.78, 5) is 31.2. The number of aromatic nitrogens is 2. The van der Waals surface area contributed by atoms with Gasteiger partial charge in [0.25, 0.3) is 5.91 Å². The Morgan fingerprint density at radius 3 is 3.05 bits per heavy atom. The Hall–Kier alpha value is -2.18. The molecule has 7 heteroatoms. The van der Waals surface area contributed by atoms with Crippen LogP contribution in [0.5, 0.6) is 0 Å². The second-order valence-electron chi connectivity index (χ2n) is 5.08. The normalized spacial score (nSPS) is 19.4. The first-order valence-electron chi connectivity index (χ1n) is 6.99. The van der Waals surface area contributed by atoms with Crippen LogP contribution in [-0.2, 0) is 9.59 Å². The second-order valence-corrected chi connectivity index (χ2v) is 5.08. The van der Waals surface area contributed by atoms with Gasteiger partial charge in [-0.05, 0) is 19.3 Å². The van der Waals surface area contributed by atoms with E-state index in [1.54, 1.807) is 0 Å². The fourth-order valence-electron chi connectivity index (χ4n) is 2.42. The smallest absolute Gasteiger partial charge is 0.282 e. The van der Waals surface area contributed by atoms with Crippen molar-refractivity contribution >= 4 is 17.9 Å². The van der Waals surface area contributed by atoms with Crippen molar-refractivity contribution < 1.29 is 14.0 Å². The van der Waals surface area contributed by atoms with E-state index in [0.717, 1.165) is 25.3 Å². The van der Waals surface area contributed by atoms with Gasteiger partial charge in [-0.1, -0.05) is 0 Å². The molecular formula is C14H19FN4O2. The molecule has 1 saturated heterocycles. The average molecular weight is 294 g/mol. The second kappa shape index (κ2) is 7.01. The lowest BCUT2D eigenvalue weighted by molar-refractivity contribution is -0.132. The van der Waals surface area contributed by atoms with Gasteiger partial charge in [0.2, 0.25) is 5.91 Å². The van der Waals surface area contributed by atoms with Crippen LogP contribution in [0.25, 0.3) is 6.08 Å². The van der Waals surface area contributed by atoms with E-state index in [-0.39, 0.29) is 11.9 Å². The lowest BCUT2D eigenvalue weighted by atomic mass is 10.0. The summed E-state index contributed by atoms with van der Waals surface area (Å²) in [5.41, 5.74) is 0.441. The molecule has 1 aliphatic heterocycles. The van der Waals surface area contributed by atoms with E-state index in [0.29, 0.717) is 18.8 Å². The standard InChI is InChI=1S/C14H19FN4O2/c1-10(20)17-8-12-4-2-3-5-19(12)14(21)13(15)6-11-7-16-9-18-11/h6-7,9,12H,2-5,8H2,1H3,(H,16,18)(H,17,20). The molecule has 1 unspecified atom stereocenters. The molecule has 114 valence electrons. The molecule has 1 aromatic rings. The number of aromatic amines is 1. The van der Waals surface area contributed by atoms with Gasteiger partial charge in [0.1, 0.15) is 0 Å². The molecule has 2 amide bonds. The van der Waals surface area contributed by atoms with Crippen LogP contribution in [0.15, 0.2) is 18.4 Å². The maximum Gasteiger partial charge on any atom is 0.282 e. The van der Waals surface area contributed by atoms with Gasteiger partial charge < -0.3 is 15.2 Å². The highest BCUT2D eigenvalue weighted by Gasteiger charge is 2.29. The molecule has 6 nitrogen and oxygen atoms in total. The molecule has 0 radical (unpaired) electrons. The summed E-state index contributed by atoms with van der Waals surface area (Å²) >= 11 is 0. The Bertz CT molecular complexity index is 527. The van der Waals surface area contributed by atoms with Gasteiger partial charge in [0.05, 0.1) is 18.2 Å². The van der Waals surface area contributed by atoms with E-state index in [2.05, 4.69) is 15.3 Å². The van der Waals surface area contributed by atoms with E-state index in [4.69, 9.17) is 0 Å². The number of rotatable bonds is 4. The van der Waals surface area contributed by atoms with Gasteiger partial charge in [0.15, 0.2) is 5.83 Å². The molecule has 0 aromatic carbocycles. The highest BCUT2D eigenvalue weighted by Crippen LogP contribution is 2.20. The van der Waals surface area contributed by atoms with Gasteiger partial charge in [-0.25, -0.2) is 9.37 Å². The Balaban J connectivity index is 2.05. The van der Waals surface area contributed by atoms with Crippen LogP contribution in [0.4, 0.5) is 4.39 Å². The monoisotopic (exact) mass is 294 g/mol. The maximum absolute atomic E-state index is 14.1. The first-order valence-corrected chi connectivity index (χ1v) is 6.99. The van der Waals surface area contributed by atoms with E-state index in [9.17, 15) is 14.0 Å². The Labute approximate surface area is 122 Å². The number of piperidine rings is 1. The van der Waals surface area contributed by atoms with Crippen molar-refractivity contribution in [2.75, 3.05) is 13.1 Å². The largest absolute Gasteiger partial charge is 0.354 e. The van der Waals surface area contributed by atoms with Crippen molar-refractivity contribution in [3.63, 3.8) is 0 Å². The molecular weight excluding hydrogens is 275 g/mol. The summed E-state index contributed by atoms with van der Waals surface area (Å²) in [5, 5.41) is 2.69. The predicted molar refractivity (Wildman–Crippen MR) is 75.7 cm³/mol. The minimum Gasteiger partial charge on any atom is -0.354 e. The van der Waals surface area contributed by atoms with Gasteiger partial charge in [-0.3, -0.25) is 9.59 Å². The SMILES string of the molecule is CC(=O)NCC1CCCCN1C(=O)C(F)=Cc1cnc[nH]1. The number of hydrogen-bond donors (Lipinski definition) is 2. The number of likely N-dealkylation sites (tertiary alicyclic amines) is 1. The number of H-pyrrole nitrogens is 1. The Morgan fingerprint density at radius 1 is 1.57 bits per heavy atom. The number of carbonyl (C=O) groups excluding carboxylic acids is 2. The van der Waals surface area contributed by atoms with Crippen LogP contribution in [0.1, 0.15) is 31.9 Å². The lowest BCUT2D eigenvalue weighted by Gasteiger charge is -2.35. The first kappa shape index (κ1) is 15.2. The molecule has 2 rings (SSSR count). The maximum atomic E-state index is 14.1. The third kappa shape index (κ3) is 4.14. The summed E-state index contributed by atoms with van der Waals surface area (Å²) in [6.45, 7) is 2.29. The molecule has 0 aliphatic carbocycles. The number of nitrogens with zero attached hydrogens (tertiary/aromatic N) is 2. The van der Waals surface area contributed by atoms with Crippen LogP contribution < -0.4 is 5.32 Å². The van der Waals surface area contributed by atoms with E-state index < -0.39 is 11.7 Å². The third-order valence-electron chi connectivity index (χ3n) is 3.48. The highest BCUT2D eigenvalue weighted by atomic mass is 19.1. The molecule has 2 heterocycles. The first-order chi connectivity index (χ1) is 10.1. The van der Waals surface area contributed by atoms with Crippen molar-refractivity contribution in [2.45, 2.75) is 32.2 Å². The van der Waals surface area contributed by atoms with Crippen LogP contribution in [0.2, 0.25) is 0 Å². The molecule has 1 fully saturated rings. The average Bonchev–Trinajstić information content (AvgIpc) is 2.97. The van der Waals surface area contributed by atoms with Crippen molar-refractivity contribution in [1.82, 2.24) is 20.2 Å². The fraction of sp³-hybridized carbons (Fsp3) is 0.500. The molecule has 0 saturated carbocycles. The molecule has 1 aromatic heterocycles. The van der Waals surface area contributed by atoms with Crippen LogP contribution in [0, 0.1) is 0 Å². The Kier molecular flexibility index (Phi) is 5.08. The van der Waals surface area contributed by atoms with E-state index in [1.807, 2.05) is 0 Å². The van der Waals surface area contributed by atoms with Crippen molar-refractivity contribution in [1.29, 1.82) is 0 Å². The summed E-state index contributed by atoms with van der Waals surface area (Å²) in [7, 11) is 0. The minimum absolute atomic E-state index is 0.151. The van der Waals surface area contributed by atoms with Crippen molar-refractivity contribution in [2.24, 2.45) is 0 Å². The molecule has 21 heavy (non-hydrogen) atoms. The molecule has 0 spiro atoms. The summed E-state index contributed by atoms with van der Waals surface area (Å²) < 4.78 is 14.1. The van der Waals surface area contributed by atoms with E-state index >= 15 is 0 Å². The molecule has 0 bridgehead atoms. The van der Waals surface area contributed by atoms with Gasteiger partial charge in [0, 0.05) is 32.1 Å². The number of nitrogens with one attached hydrogen (secondary N) is 2. The zero-order chi connectivity index (χ0) is 15.2. The topological polar surface area (TPSA) is 78.1 Å². The number of carbonyl (C=O) groups is 2. The molecule has 1 atom stereocenters. The zero-order valence-electron chi connectivity index (χ0n) is 11.9. The number of halogens is 1. The van der Waals surface area contributed by atoms with Crippen LogP contribution >= 0.6 is 0 Å². The van der Waals surface area contributed by atoms with Crippen LogP contribution in [0.3, 0.4) is 0 Å². The summed E-state index contributed by atoms with van der Waals surface area (Å²) in [6.07, 6.45) is 6.59.